The minimum atomic E-state index is -0.705. The van der Waals surface area contributed by atoms with E-state index < -0.39 is 17.1 Å². The van der Waals surface area contributed by atoms with Crippen molar-refractivity contribution in [2.75, 3.05) is 7.11 Å². The Hall–Kier alpha value is -3.94. The fourth-order valence-electron chi connectivity index (χ4n) is 2.94. The normalized spacial score (nSPS) is 10.9. The zero-order valence-electron chi connectivity index (χ0n) is 14.6. The van der Waals surface area contributed by atoms with E-state index in [1.807, 2.05) is 0 Å². The molecular weight excluding hydrogens is 365 g/mol. The Morgan fingerprint density at radius 2 is 1.82 bits per heavy atom. The Labute approximate surface area is 157 Å². The number of rotatable bonds is 3. The smallest absolute Gasteiger partial charge is 0.334 e. The first-order valence-electron chi connectivity index (χ1n) is 8.27. The van der Waals surface area contributed by atoms with Gasteiger partial charge in [-0.3, -0.25) is 9.78 Å². The first kappa shape index (κ1) is 17.5. The van der Waals surface area contributed by atoms with Gasteiger partial charge in [0.15, 0.2) is 5.65 Å². The predicted octanol–water partition coefficient (Wildman–Crippen LogP) is 2.59. The molecule has 0 unspecified atom stereocenters. The van der Waals surface area contributed by atoms with Gasteiger partial charge in [-0.15, -0.1) is 0 Å². The van der Waals surface area contributed by atoms with E-state index in [1.54, 1.807) is 18.2 Å². The Morgan fingerprint density at radius 3 is 2.54 bits per heavy atom. The van der Waals surface area contributed by atoms with Crippen molar-refractivity contribution in [3.05, 3.63) is 81.3 Å². The molecule has 2 heterocycles. The van der Waals surface area contributed by atoms with E-state index in [-0.39, 0.29) is 16.8 Å². The molecule has 0 radical (unpaired) electrons. The van der Waals surface area contributed by atoms with Gasteiger partial charge in [0.1, 0.15) is 17.3 Å². The second-order valence-corrected chi connectivity index (χ2v) is 6.02. The van der Waals surface area contributed by atoms with Crippen LogP contribution in [-0.4, -0.2) is 26.8 Å². The van der Waals surface area contributed by atoms with Crippen LogP contribution < -0.4 is 16.0 Å². The van der Waals surface area contributed by atoms with E-state index in [1.165, 1.54) is 48.1 Å². The summed E-state index contributed by atoms with van der Waals surface area (Å²) in [6.45, 7) is 0. The van der Waals surface area contributed by atoms with Crippen LogP contribution >= 0.6 is 0 Å². The number of aromatic hydroxyl groups is 1. The molecule has 2 N–H and O–H groups in total. The monoisotopic (exact) mass is 379 g/mol. The summed E-state index contributed by atoms with van der Waals surface area (Å²) in [5, 5.41) is 10.4. The van der Waals surface area contributed by atoms with Gasteiger partial charge in [0.05, 0.1) is 23.9 Å². The lowest BCUT2D eigenvalue weighted by Gasteiger charge is -2.11. The summed E-state index contributed by atoms with van der Waals surface area (Å²) in [5.74, 6) is 0.0187. The van der Waals surface area contributed by atoms with Crippen LogP contribution in [0.5, 0.6) is 11.5 Å². The molecule has 7 nitrogen and oxygen atoms in total. The van der Waals surface area contributed by atoms with Gasteiger partial charge in [0.2, 0.25) is 0 Å². The first-order chi connectivity index (χ1) is 13.5. The topological polar surface area (TPSA) is 97.2 Å². The maximum atomic E-state index is 13.3. The molecule has 0 bridgehead atoms. The molecule has 4 rings (SSSR count). The van der Waals surface area contributed by atoms with Crippen molar-refractivity contribution >= 4 is 11.0 Å². The number of nitrogens with zero attached hydrogens (tertiary/aromatic N) is 2. The highest BCUT2D eigenvalue weighted by molar-refractivity contribution is 5.80. The van der Waals surface area contributed by atoms with Gasteiger partial charge < -0.3 is 9.84 Å². The molecule has 0 aliphatic carbocycles. The van der Waals surface area contributed by atoms with E-state index in [0.29, 0.717) is 22.7 Å². The Balaban J connectivity index is 2.04. The van der Waals surface area contributed by atoms with Crippen LogP contribution in [-0.2, 0) is 0 Å². The largest absolute Gasteiger partial charge is 0.507 e. The van der Waals surface area contributed by atoms with Crippen LogP contribution in [0.25, 0.3) is 28.0 Å². The van der Waals surface area contributed by atoms with Crippen molar-refractivity contribution in [3.63, 3.8) is 0 Å². The quantitative estimate of drug-likeness (QED) is 0.570. The molecule has 0 aliphatic heterocycles. The van der Waals surface area contributed by atoms with Gasteiger partial charge in [-0.1, -0.05) is 0 Å². The van der Waals surface area contributed by atoms with E-state index in [4.69, 9.17) is 4.74 Å². The second kappa shape index (κ2) is 6.66. The number of fused-ring (bicyclic) bond motifs is 1. The molecule has 0 fully saturated rings. The molecule has 0 saturated carbocycles. The summed E-state index contributed by atoms with van der Waals surface area (Å²) in [6.07, 6.45) is 0. The number of phenols is 1. The van der Waals surface area contributed by atoms with Crippen LogP contribution in [0.3, 0.4) is 0 Å². The standard InChI is InChI=1S/C20H14FN3O4/c1-28-13-6-9-17(25)15(10-13)16-8-7-14-18(22-16)24(20(27)23-19(14)26)12-4-2-11(21)3-5-12/h2-10,25H,1H3,(H,23,26,27). The van der Waals surface area contributed by atoms with Gasteiger partial charge in [0.25, 0.3) is 5.56 Å². The number of nitrogens with one attached hydrogen (secondary N) is 1. The number of pyridine rings is 1. The number of halogens is 1. The number of phenolic OH excluding ortho intramolecular Hbond substituents is 1. The molecule has 4 aromatic rings. The van der Waals surface area contributed by atoms with Gasteiger partial charge in [-0.25, -0.2) is 18.7 Å². The van der Waals surface area contributed by atoms with Crippen LogP contribution in [0.1, 0.15) is 0 Å². The number of methoxy groups -OCH3 is 1. The molecule has 2 aromatic carbocycles. The Morgan fingerprint density at radius 1 is 1.07 bits per heavy atom. The molecule has 140 valence electrons. The molecule has 2 aromatic heterocycles. The Bertz CT molecular complexity index is 1310. The highest BCUT2D eigenvalue weighted by atomic mass is 19.1. The lowest BCUT2D eigenvalue weighted by Crippen LogP contribution is -2.29. The van der Waals surface area contributed by atoms with Gasteiger partial charge >= 0.3 is 5.69 Å². The van der Waals surface area contributed by atoms with Crippen molar-refractivity contribution in [2.24, 2.45) is 0 Å². The van der Waals surface area contributed by atoms with E-state index in [0.717, 1.165) is 0 Å². The molecule has 0 amide bonds. The third kappa shape index (κ3) is 2.90. The van der Waals surface area contributed by atoms with Gasteiger partial charge in [-0.2, -0.15) is 0 Å². The lowest BCUT2D eigenvalue weighted by molar-refractivity contribution is 0.412. The van der Waals surface area contributed by atoms with Crippen LogP contribution in [0.15, 0.2) is 64.2 Å². The van der Waals surface area contributed by atoms with E-state index >= 15 is 0 Å². The number of benzene rings is 2. The highest BCUT2D eigenvalue weighted by Gasteiger charge is 2.14. The SMILES string of the molecule is COc1ccc(O)c(-c2ccc3c(=O)[nH]c(=O)n(-c4ccc(F)cc4)c3n2)c1. The van der Waals surface area contributed by atoms with Crippen molar-refractivity contribution in [1.29, 1.82) is 0 Å². The number of hydrogen-bond donors (Lipinski definition) is 2. The van der Waals surface area contributed by atoms with Gasteiger partial charge in [-0.05, 0) is 54.6 Å². The number of ether oxygens (including phenoxy) is 1. The second-order valence-electron chi connectivity index (χ2n) is 6.02. The average Bonchev–Trinajstić information content (AvgIpc) is 2.69. The minimum Gasteiger partial charge on any atom is -0.507 e. The summed E-state index contributed by atoms with van der Waals surface area (Å²) in [7, 11) is 1.50. The molecule has 0 atom stereocenters. The van der Waals surface area contributed by atoms with Gasteiger partial charge in [0, 0.05) is 5.56 Å². The van der Waals surface area contributed by atoms with Crippen molar-refractivity contribution in [2.45, 2.75) is 0 Å². The Kier molecular flexibility index (Phi) is 4.15. The fourth-order valence-corrected chi connectivity index (χ4v) is 2.94. The third-order valence-electron chi connectivity index (χ3n) is 4.32. The van der Waals surface area contributed by atoms with Crippen LogP contribution in [0, 0.1) is 5.82 Å². The maximum absolute atomic E-state index is 13.3. The van der Waals surface area contributed by atoms with E-state index in [9.17, 15) is 19.1 Å². The molecule has 28 heavy (non-hydrogen) atoms. The molecular formula is C20H14FN3O4. The lowest BCUT2D eigenvalue weighted by atomic mass is 10.1. The molecule has 8 heteroatoms. The first-order valence-corrected chi connectivity index (χ1v) is 8.27. The van der Waals surface area contributed by atoms with Crippen molar-refractivity contribution in [1.82, 2.24) is 14.5 Å². The number of aromatic nitrogens is 3. The minimum absolute atomic E-state index is 0.0341. The molecule has 0 spiro atoms. The fraction of sp³-hybridized carbons (Fsp3) is 0.0500. The third-order valence-corrected chi connectivity index (χ3v) is 4.32. The number of hydrogen-bond acceptors (Lipinski definition) is 5. The van der Waals surface area contributed by atoms with E-state index in [2.05, 4.69) is 9.97 Å². The summed E-state index contributed by atoms with van der Waals surface area (Å²) >= 11 is 0. The number of H-pyrrole nitrogens is 1. The zero-order chi connectivity index (χ0) is 19.8. The predicted molar refractivity (Wildman–Crippen MR) is 102 cm³/mol. The molecule has 0 aliphatic rings. The van der Waals surface area contributed by atoms with Crippen LogP contribution in [0.4, 0.5) is 4.39 Å². The summed E-state index contributed by atoms with van der Waals surface area (Å²) in [5.41, 5.74) is -0.160. The maximum Gasteiger partial charge on any atom is 0.334 e. The summed E-state index contributed by atoms with van der Waals surface area (Å²) in [6, 6.07) is 13.0. The highest BCUT2D eigenvalue weighted by Crippen LogP contribution is 2.32. The summed E-state index contributed by atoms with van der Waals surface area (Å²) < 4.78 is 19.6. The van der Waals surface area contributed by atoms with Crippen molar-refractivity contribution in [3.8, 4) is 28.4 Å². The summed E-state index contributed by atoms with van der Waals surface area (Å²) in [4.78, 5) is 31.3. The average molecular weight is 379 g/mol. The van der Waals surface area contributed by atoms with Crippen molar-refractivity contribution < 1.29 is 14.2 Å². The zero-order valence-corrected chi connectivity index (χ0v) is 14.6. The molecule has 0 saturated heterocycles. The number of aromatic amines is 1. The van der Waals surface area contributed by atoms with Crippen LogP contribution in [0.2, 0.25) is 0 Å².